The predicted molar refractivity (Wildman–Crippen MR) is 76.2 cm³/mol. The molecule has 1 saturated heterocycles. The molecule has 0 amide bonds. The first-order chi connectivity index (χ1) is 10.2. The Morgan fingerprint density at radius 1 is 1.23 bits per heavy atom. The van der Waals surface area contributed by atoms with E-state index in [1.165, 1.54) is 27.0 Å². The van der Waals surface area contributed by atoms with Crippen molar-refractivity contribution in [2.45, 2.75) is 32.6 Å². The summed E-state index contributed by atoms with van der Waals surface area (Å²) in [5.74, 6) is -3.25. The molecule has 7 nitrogen and oxygen atoms in total. The summed E-state index contributed by atoms with van der Waals surface area (Å²) in [6.45, 7) is 4.70. The number of hydrogen-bond acceptors (Lipinski definition) is 7. The average molecular weight is 307 g/mol. The molecule has 1 aromatic carbocycles. The summed E-state index contributed by atoms with van der Waals surface area (Å²) in [5.41, 5.74) is 1.46. The second-order valence-electron chi connectivity index (χ2n) is 5.34. The van der Waals surface area contributed by atoms with Gasteiger partial charge in [0, 0.05) is 19.5 Å². The highest BCUT2D eigenvalue weighted by Gasteiger charge is 2.43. The van der Waals surface area contributed by atoms with Crippen LogP contribution in [-0.2, 0) is 23.8 Å². The summed E-state index contributed by atoms with van der Waals surface area (Å²) in [5, 5.41) is 2.71. The van der Waals surface area contributed by atoms with Crippen LogP contribution < -0.4 is 5.32 Å². The number of nitrogens with one attached hydrogen (secondary N) is 1. The van der Waals surface area contributed by atoms with Gasteiger partial charge in [-0.05, 0) is 24.6 Å². The van der Waals surface area contributed by atoms with Crippen LogP contribution in [0, 0.1) is 6.92 Å². The molecule has 1 aromatic rings. The molecule has 0 saturated carbocycles. The van der Waals surface area contributed by atoms with Crippen LogP contribution in [0.4, 0.5) is 5.69 Å². The molecule has 1 aliphatic heterocycles. The smallest absolute Gasteiger partial charge is 0.343 e. The molecule has 0 bridgehead atoms. The zero-order chi connectivity index (χ0) is 16.5. The molecule has 0 atom stereocenters. The van der Waals surface area contributed by atoms with Crippen LogP contribution >= 0.6 is 0 Å². The standard InChI is InChI=1S/C15H17NO6/c1-8-5-6-9(7-10(8)12(17)20-4)16-11-13(18)21-15(2,3)22-14(11)19/h5-7,11,16H,1-4H3. The van der Waals surface area contributed by atoms with Gasteiger partial charge in [-0.15, -0.1) is 0 Å². The normalized spacial score (nSPS) is 17.5. The van der Waals surface area contributed by atoms with Gasteiger partial charge in [-0.2, -0.15) is 0 Å². The van der Waals surface area contributed by atoms with E-state index in [2.05, 4.69) is 10.1 Å². The molecule has 1 N–H and O–H groups in total. The first kappa shape index (κ1) is 15.8. The van der Waals surface area contributed by atoms with E-state index < -0.39 is 29.7 Å². The van der Waals surface area contributed by atoms with Crippen molar-refractivity contribution in [2.24, 2.45) is 0 Å². The first-order valence-electron chi connectivity index (χ1n) is 6.65. The Kier molecular flexibility index (Phi) is 4.07. The van der Waals surface area contributed by atoms with Crippen molar-refractivity contribution in [3.63, 3.8) is 0 Å². The minimum atomic E-state index is -1.28. The van der Waals surface area contributed by atoms with Crippen molar-refractivity contribution in [1.82, 2.24) is 0 Å². The maximum atomic E-state index is 11.9. The third-order valence-corrected chi connectivity index (χ3v) is 3.12. The largest absolute Gasteiger partial charge is 0.465 e. The fourth-order valence-electron chi connectivity index (χ4n) is 2.05. The van der Waals surface area contributed by atoms with Crippen molar-refractivity contribution in [2.75, 3.05) is 12.4 Å². The number of esters is 3. The summed E-state index contributed by atoms with van der Waals surface area (Å²) in [4.78, 5) is 35.4. The minimum Gasteiger partial charge on any atom is -0.465 e. The maximum absolute atomic E-state index is 11.9. The van der Waals surface area contributed by atoms with Crippen LogP contribution in [0.25, 0.3) is 0 Å². The van der Waals surface area contributed by atoms with E-state index >= 15 is 0 Å². The van der Waals surface area contributed by atoms with Crippen LogP contribution in [0.2, 0.25) is 0 Å². The number of carbonyl (C=O) groups excluding carboxylic acids is 3. The summed E-state index contributed by atoms with van der Waals surface area (Å²) in [7, 11) is 1.28. The van der Waals surface area contributed by atoms with Crippen molar-refractivity contribution in [3.8, 4) is 0 Å². The van der Waals surface area contributed by atoms with E-state index in [1.54, 1.807) is 19.1 Å². The number of anilines is 1. The highest BCUT2D eigenvalue weighted by Crippen LogP contribution is 2.23. The van der Waals surface area contributed by atoms with Crippen LogP contribution in [0.3, 0.4) is 0 Å². The number of cyclic esters (lactones) is 2. The molecular weight excluding hydrogens is 290 g/mol. The molecule has 2 rings (SSSR count). The Morgan fingerprint density at radius 3 is 2.36 bits per heavy atom. The molecule has 1 heterocycles. The van der Waals surface area contributed by atoms with Gasteiger partial charge in [0.1, 0.15) is 0 Å². The second-order valence-corrected chi connectivity index (χ2v) is 5.34. The lowest BCUT2D eigenvalue weighted by molar-refractivity contribution is -0.232. The van der Waals surface area contributed by atoms with Crippen molar-refractivity contribution in [3.05, 3.63) is 29.3 Å². The van der Waals surface area contributed by atoms with E-state index in [0.29, 0.717) is 16.8 Å². The van der Waals surface area contributed by atoms with E-state index in [0.717, 1.165) is 0 Å². The number of hydrogen-bond donors (Lipinski definition) is 1. The summed E-state index contributed by atoms with van der Waals surface area (Å²) in [6.07, 6.45) is 0. The number of benzene rings is 1. The molecule has 0 spiro atoms. The van der Waals surface area contributed by atoms with Crippen LogP contribution in [-0.4, -0.2) is 36.8 Å². The zero-order valence-electron chi connectivity index (χ0n) is 12.8. The number of ether oxygens (including phenoxy) is 3. The Labute approximate surface area is 127 Å². The van der Waals surface area contributed by atoms with Crippen molar-refractivity contribution in [1.29, 1.82) is 0 Å². The van der Waals surface area contributed by atoms with E-state index in [-0.39, 0.29) is 0 Å². The lowest BCUT2D eigenvalue weighted by Crippen LogP contribution is -2.52. The summed E-state index contributed by atoms with van der Waals surface area (Å²) >= 11 is 0. The minimum absolute atomic E-state index is 0.338. The highest BCUT2D eigenvalue weighted by atomic mass is 16.7. The Bertz CT molecular complexity index is 617. The van der Waals surface area contributed by atoms with Gasteiger partial charge >= 0.3 is 17.9 Å². The average Bonchev–Trinajstić information content (AvgIpc) is 2.42. The van der Waals surface area contributed by atoms with Gasteiger partial charge in [0.25, 0.3) is 5.79 Å². The van der Waals surface area contributed by atoms with Gasteiger partial charge in [0.05, 0.1) is 12.7 Å². The topological polar surface area (TPSA) is 90.9 Å². The lowest BCUT2D eigenvalue weighted by atomic mass is 10.1. The number of carbonyl (C=O) groups is 3. The van der Waals surface area contributed by atoms with Crippen LogP contribution in [0.5, 0.6) is 0 Å². The molecule has 1 fully saturated rings. The number of methoxy groups -OCH3 is 1. The quantitative estimate of drug-likeness (QED) is 0.666. The van der Waals surface area contributed by atoms with Gasteiger partial charge in [-0.1, -0.05) is 6.07 Å². The van der Waals surface area contributed by atoms with E-state index in [4.69, 9.17) is 9.47 Å². The van der Waals surface area contributed by atoms with Gasteiger partial charge in [0.2, 0.25) is 6.04 Å². The molecule has 22 heavy (non-hydrogen) atoms. The fourth-order valence-corrected chi connectivity index (χ4v) is 2.05. The van der Waals surface area contributed by atoms with Crippen molar-refractivity contribution < 1.29 is 28.6 Å². The Hall–Kier alpha value is -2.57. The van der Waals surface area contributed by atoms with Gasteiger partial charge in [-0.3, -0.25) is 0 Å². The molecule has 0 aromatic heterocycles. The molecule has 0 unspecified atom stereocenters. The number of rotatable bonds is 3. The molecule has 118 valence electrons. The van der Waals surface area contributed by atoms with Gasteiger partial charge < -0.3 is 19.5 Å². The maximum Gasteiger partial charge on any atom is 0.343 e. The van der Waals surface area contributed by atoms with Crippen LogP contribution in [0.1, 0.15) is 29.8 Å². The Balaban J connectivity index is 2.22. The van der Waals surface area contributed by atoms with E-state index in [9.17, 15) is 14.4 Å². The van der Waals surface area contributed by atoms with Gasteiger partial charge in [-0.25, -0.2) is 14.4 Å². The van der Waals surface area contributed by atoms with Gasteiger partial charge in [0.15, 0.2) is 0 Å². The number of aryl methyl sites for hydroxylation is 1. The molecule has 0 aliphatic carbocycles. The summed E-state index contributed by atoms with van der Waals surface area (Å²) in [6, 6.07) is 3.54. The lowest BCUT2D eigenvalue weighted by Gasteiger charge is -2.33. The first-order valence-corrected chi connectivity index (χ1v) is 6.65. The third kappa shape index (κ3) is 3.19. The SMILES string of the molecule is COC(=O)c1cc(NC2C(=O)OC(C)(C)OC2=O)ccc1C. The zero-order valence-corrected chi connectivity index (χ0v) is 12.8. The second kappa shape index (κ2) is 5.67. The fraction of sp³-hybridized carbons (Fsp3) is 0.400. The highest BCUT2D eigenvalue weighted by molar-refractivity contribution is 6.03. The Morgan fingerprint density at radius 2 is 1.82 bits per heavy atom. The molecule has 0 radical (unpaired) electrons. The van der Waals surface area contributed by atoms with E-state index in [1.807, 2.05) is 0 Å². The van der Waals surface area contributed by atoms with Crippen LogP contribution in [0.15, 0.2) is 18.2 Å². The predicted octanol–water partition coefficient (Wildman–Crippen LogP) is 1.40. The summed E-state index contributed by atoms with van der Waals surface area (Å²) < 4.78 is 14.7. The molecule has 7 heteroatoms. The molecular formula is C15H17NO6. The monoisotopic (exact) mass is 307 g/mol. The molecule has 1 aliphatic rings. The van der Waals surface area contributed by atoms with Crippen molar-refractivity contribution >= 4 is 23.6 Å². The third-order valence-electron chi connectivity index (χ3n) is 3.12.